The largest absolute Gasteiger partial charge is 0.315 e. The zero-order valence-electron chi connectivity index (χ0n) is 13.2. The summed E-state index contributed by atoms with van der Waals surface area (Å²) in [5.41, 5.74) is 0. The van der Waals surface area contributed by atoms with Gasteiger partial charge < -0.3 is 10.2 Å². The fraction of sp³-hybridized carbons (Fsp3) is 1.00. The number of nitrogens with one attached hydrogen (secondary N) is 1. The van der Waals surface area contributed by atoms with Crippen LogP contribution in [-0.2, 0) is 0 Å². The Morgan fingerprint density at radius 1 is 1.17 bits per heavy atom. The summed E-state index contributed by atoms with van der Waals surface area (Å²) in [7, 11) is 2.34. The van der Waals surface area contributed by atoms with Gasteiger partial charge in [-0.3, -0.25) is 0 Å². The van der Waals surface area contributed by atoms with Crippen LogP contribution in [0.15, 0.2) is 0 Å². The molecule has 1 rings (SSSR count). The van der Waals surface area contributed by atoms with Crippen molar-refractivity contribution in [1.82, 2.24) is 10.2 Å². The lowest BCUT2D eigenvalue weighted by atomic mass is 9.84. The molecular formula is C16H34N2. The summed E-state index contributed by atoms with van der Waals surface area (Å²) in [5, 5.41) is 3.51. The van der Waals surface area contributed by atoms with Crippen LogP contribution in [0.1, 0.15) is 66.2 Å². The molecule has 1 aliphatic carbocycles. The SMILES string of the molecule is CC(C)NCCCC(C)N(C)C1CCCCC1C. The van der Waals surface area contributed by atoms with Gasteiger partial charge in [-0.15, -0.1) is 0 Å². The third-order valence-electron chi connectivity index (χ3n) is 4.64. The van der Waals surface area contributed by atoms with Gasteiger partial charge in [0.1, 0.15) is 0 Å². The van der Waals surface area contributed by atoms with Gasteiger partial charge in [-0.2, -0.15) is 0 Å². The lowest BCUT2D eigenvalue weighted by molar-refractivity contribution is 0.0985. The van der Waals surface area contributed by atoms with E-state index in [0.29, 0.717) is 6.04 Å². The molecule has 3 unspecified atom stereocenters. The molecule has 0 radical (unpaired) electrons. The molecule has 0 amide bonds. The second kappa shape index (κ2) is 8.16. The van der Waals surface area contributed by atoms with E-state index < -0.39 is 0 Å². The Morgan fingerprint density at radius 3 is 2.44 bits per heavy atom. The van der Waals surface area contributed by atoms with Crippen LogP contribution in [0.2, 0.25) is 0 Å². The topological polar surface area (TPSA) is 15.3 Å². The van der Waals surface area contributed by atoms with E-state index in [1.165, 1.54) is 38.5 Å². The average molecular weight is 254 g/mol. The molecule has 1 saturated carbocycles. The van der Waals surface area contributed by atoms with E-state index in [9.17, 15) is 0 Å². The van der Waals surface area contributed by atoms with Crippen LogP contribution in [-0.4, -0.2) is 36.6 Å². The molecule has 0 bridgehead atoms. The molecule has 0 aromatic carbocycles. The normalized spacial score (nSPS) is 26.8. The van der Waals surface area contributed by atoms with Gasteiger partial charge in [0, 0.05) is 18.1 Å². The van der Waals surface area contributed by atoms with Crippen LogP contribution in [0.25, 0.3) is 0 Å². The summed E-state index contributed by atoms with van der Waals surface area (Å²) < 4.78 is 0. The Hall–Kier alpha value is -0.0800. The van der Waals surface area contributed by atoms with E-state index in [4.69, 9.17) is 0 Å². The summed E-state index contributed by atoms with van der Waals surface area (Å²) in [6.07, 6.45) is 8.33. The summed E-state index contributed by atoms with van der Waals surface area (Å²) in [6.45, 7) is 10.4. The highest BCUT2D eigenvalue weighted by Gasteiger charge is 2.27. The third-order valence-corrected chi connectivity index (χ3v) is 4.64. The highest BCUT2D eigenvalue weighted by molar-refractivity contribution is 4.82. The molecule has 0 aliphatic heterocycles. The molecule has 0 aromatic heterocycles. The van der Waals surface area contributed by atoms with E-state index in [1.807, 2.05) is 0 Å². The molecule has 108 valence electrons. The predicted octanol–water partition coefficient (Wildman–Crippen LogP) is 3.66. The second-order valence-corrected chi connectivity index (χ2v) is 6.59. The minimum atomic E-state index is 0.622. The smallest absolute Gasteiger partial charge is 0.0121 e. The maximum absolute atomic E-state index is 3.51. The van der Waals surface area contributed by atoms with Crippen molar-refractivity contribution < 1.29 is 0 Å². The standard InChI is InChI=1S/C16H34N2/c1-13(2)17-12-8-10-15(4)18(5)16-11-7-6-9-14(16)3/h13-17H,6-12H2,1-5H3. The Bertz CT molecular complexity index is 215. The van der Waals surface area contributed by atoms with Gasteiger partial charge in [0.2, 0.25) is 0 Å². The highest BCUT2D eigenvalue weighted by atomic mass is 15.2. The first-order chi connectivity index (χ1) is 8.52. The van der Waals surface area contributed by atoms with Crippen LogP contribution in [0.5, 0.6) is 0 Å². The molecule has 3 atom stereocenters. The molecule has 0 saturated heterocycles. The molecule has 2 nitrogen and oxygen atoms in total. The summed E-state index contributed by atoms with van der Waals surface area (Å²) in [4.78, 5) is 2.65. The molecule has 1 fully saturated rings. The number of rotatable bonds is 7. The zero-order valence-corrected chi connectivity index (χ0v) is 13.2. The molecule has 2 heteroatoms. The van der Waals surface area contributed by atoms with Crippen molar-refractivity contribution in [2.45, 2.75) is 84.3 Å². The van der Waals surface area contributed by atoms with Crippen molar-refractivity contribution in [1.29, 1.82) is 0 Å². The van der Waals surface area contributed by atoms with Gasteiger partial charge in [0.15, 0.2) is 0 Å². The van der Waals surface area contributed by atoms with Gasteiger partial charge in [-0.25, -0.2) is 0 Å². The minimum absolute atomic E-state index is 0.622. The summed E-state index contributed by atoms with van der Waals surface area (Å²) in [6, 6.07) is 2.17. The second-order valence-electron chi connectivity index (χ2n) is 6.59. The molecular weight excluding hydrogens is 220 g/mol. The summed E-state index contributed by atoms with van der Waals surface area (Å²) in [5.74, 6) is 0.889. The van der Waals surface area contributed by atoms with E-state index in [0.717, 1.165) is 24.5 Å². The zero-order chi connectivity index (χ0) is 13.5. The van der Waals surface area contributed by atoms with Crippen molar-refractivity contribution in [2.75, 3.05) is 13.6 Å². The Labute approximate surface area is 115 Å². The van der Waals surface area contributed by atoms with Crippen LogP contribution >= 0.6 is 0 Å². The minimum Gasteiger partial charge on any atom is -0.315 e. The lowest BCUT2D eigenvalue weighted by Gasteiger charge is -2.39. The molecule has 0 aromatic rings. The number of hydrogen-bond donors (Lipinski definition) is 1. The van der Waals surface area contributed by atoms with E-state index in [2.05, 4.69) is 45.0 Å². The van der Waals surface area contributed by atoms with Gasteiger partial charge in [0.05, 0.1) is 0 Å². The monoisotopic (exact) mass is 254 g/mol. The van der Waals surface area contributed by atoms with E-state index in [-0.39, 0.29) is 0 Å². The van der Waals surface area contributed by atoms with E-state index >= 15 is 0 Å². The Morgan fingerprint density at radius 2 is 1.83 bits per heavy atom. The highest BCUT2D eigenvalue weighted by Crippen LogP contribution is 2.28. The van der Waals surface area contributed by atoms with Crippen LogP contribution in [0.3, 0.4) is 0 Å². The molecule has 0 spiro atoms. The lowest BCUT2D eigenvalue weighted by Crippen LogP contribution is -2.44. The van der Waals surface area contributed by atoms with Gasteiger partial charge in [-0.05, 0) is 52.1 Å². The Balaban J connectivity index is 2.24. The Kier molecular flexibility index (Phi) is 7.25. The van der Waals surface area contributed by atoms with Crippen LogP contribution in [0, 0.1) is 5.92 Å². The van der Waals surface area contributed by atoms with Crippen LogP contribution < -0.4 is 5.32 Å². The predicted molar refractivity (Wildman–Crippen MR) is 81.0 cm³/mol. The maximum Gasteiger partial charge on any atom is 0.0121 e. The molecule has 0 heterocycles. The summed E-state index contributed by atoms with van der Waals surface area (Å²) >= 11 is 0. The van der Waals surface area contributed by atoms with Gasteiger partial charge in [0.25, 0.3) is 0 Å². The first kappa shape index (κ1) is 16.0. The van der Waals surface area contributed by atoms with Crippen LogP contribution in [0.4, 0.5) is 0 Å². The van der Waals surface area contributed by atoms with Gasteiger partial charge in [-0.1, -0.05) is 33.6 Å². The van der Waals surface area contributed by atoms with Crippen molar-refractivity contribution in [3.63, 3.8) is 0 Å². The fourth-order valence-corrected chi connectivity index (χ4v) is 3.22. The van der Waals surface area contributed by atoms with Crippen molar-refractivity contribution in [3.8, 4) is 0 Å². The van der Waals surface area contributed by atoms with Crippen molar-refractivity contribution >= 4 is 0 Å². The van der Waals surface area contributed by atoms with E-state index in [1.54, 1.807) is 0 Å². The number of nitrogens with zero attached hydrogens (tertiary/aromatic N) is 1. The first-order valence-electron chi connectivity index (χ1n) is 7.97. The van der Waals surface area contributed by atoms with Gasteiger partial charge >= 0.3 is 0 Å². The quantitative estimate of drug-likeness (QED) is 0.698. The third kappa shape index (κ3) is 5.27. The van der Waals surface area contributed by atoms with Crippen molar-refractivity contribution in [2.24, 2.45) is 5.92 Å². The number of hydrogen-bond acceptors (Lipinski definition) is 2. The maximum atomic E-state index is 3.51. The molecule has 1 aliphatic rings. The molecule has 18 heavy (non-hydrogen) atoms. The van der Waals surface area contributed by atoms with Crippen molar-refractivity contribution in [3.05, 3.63) is 0 Å². The fourth-order valence-electron chi connectivity index (χ4n) is 3.22. The first-order valence-corrected chi connectivity index (χ1v) is 7.97. The molecule has 1 N–H and O–H groups in total. The average Bonchev–Trinajstić information content (AvgIpc) is 2.34.